The molecule has 1 aromatic carbocycles. The van der Waals surface area contributed by atoms with Crippen LogP contribution >= 0.6 is 0 Å². The van der Waals surface area contributed by atoms with Crippen LogP contribution in [0.4, 0.5) is 5.69 Å². The highest BCUT2D eigenvalue weighted by Crippen LogP contribution is 2.63. The van der Waals surface area contributed by atoms with E-state index in [0.29, 0.717) is 22.9 Å². The Hall–Kier alpha value is -2.30. The molecule has 0 radical (unpaired) electrons. The lowest BCUT2D eigenvalue weighted by atomic mass is 9.48. The minimum atomic E-state index is -0.374. The average Bonchev–Trinajstić information content (AvgIpc) is 3.11. The number of hydrogen-bond acceptors (Lipinski definition) is 3. The predicted octanol–water partition coefficient (Wildman–Crippen LogP) is 4.39. The van der Waals surface area contributed by atoms with E-state index in [0.717, 1.165) is 12.3 Å². The van der Waals surface area contributed by atoms with Gasteiger partial charge >= 0.3 is 0 Å². The van der Waals surface area contributed by atoms with Gasteiger partial charge in [-0.25, -0.2) is 0 Å². The maximum atomic E-state index is 13.0. The summed E-state index contributed by atoms with van der Waals surface area (Å²) in [5.74, 6) is 1.50. The number of carbonyl (C=O) groups is 2. The highest BCUT2D eigenvalue weighted by atomic mass is 16.3. The zero-order valence-electron chi connectivity index (χ0n) is 17.9. The SMILES string of the molecule is C[C@@]12CCC[C@H]1[C@@H]1CCC3NC(=O)C(C(=O)Nc4ccc(O)cc4)=C[C@]3(C)[C@@H]1CC2. The molecule has 1 heterocycles. The highest BCUT2D eigenvalue weighted by Gasteiger charge is 2.58. The van der Waals surface area contributed by atoms with E-state index >= 15 is 0 Å². The van der Waals surface area contributed by atoms with Crippen molar-refractivity contribution < 1.29 is 14.7 Å². The van der Waals surface area contributed by atoms with Crippen LogP contribution < -0.4 is 10.6 Å². The number of carbonyl (C=O) groups excluding carboxylic acids is 2. The van der Waals surface area contributed by atoms with Crippen LogP contribution in [0.3, 0.4) is 0 Å². The van der Waals surface area contributed by atoms with Crippen LogP contribution in [0.1, 0.15) is 58.8 Å². The lowest BCUT2D eigenvalue weighted by Gasteiger charge is -2.58. The van der Waals surface area contributed by atoms with Gasteiger partial charge in [0.25, 0.3) is 11.8 Å². The van der Waals surface area contributed by atoms with Crippen molar-refractivity contribution in [2.75, 3.05) is 5.32 Å². The number of aromatic hydroxyl groups is 1. The van der Waals surface area contributed by atoms with E-state index in [-0.39, 0.29) is 34.6 Å². The Bertz CT molecular complexity index is 907. The van der Waals surface area contributed by atoms with E-state index in [1.165, 1.54) is 50.7 Å². The topological polar surface area (TPSA) is 78.4 Å². The summed E-state index contributed by atoms with van der Waals surface area (Å²) < 4.78 is 0. The van der Waals surface area contributed by atoms with Gasteiger partial charge < -0.3 is 15.7 Å². The van der Waals surface area contributed by atoms with Gasteiger partial charge in [-0.15, -0.1) is 0 Å². The fourth-order valence-corrected chi connectivity index (χ4v) is 7.34. The van der Waals surface area contributed by atoms with E-state index in [9.17, 15) is 14.7 Å². The first-order chi connectivity index (χ1) is 14.3. The van der Waals surface area contributed by atoms with E-state index in [2.05, 4.69) is 24.5 Å². The summed E-state index contributed by atoms with van der Waals surface area (Å²) in [5, 5.41) is 15.4. The maximum absolute atomic E-state index is 13.0. The van der Waals surface area contributed by atoms with Gasteiger partial charge in [0, 0.05) is 17.1 Å². The van der Waals surface area contributed by atoms with Crippen molar-refractivity contribution in [3.63, 3.8) is 0 Å². The van der Waals surface area contributed by atoms with Gasteiger partial charge in [0.05, 0.1) is 0 Å². The number of hydrogen-bond donors (Lipinski definition) is 3. The second-order valence-electron chi connectivity index (χ2n) is 10.5. The molecule has 3 aliphatic carbocycles. The smallest absolute Gasteiger partial charge is 0.260 e. The molecule has 5 nitrogen and oxygen atoms in total. The van der Waals surface area contributed by atoms with Gasteiger partial charge in [-0.3, -0.25) is 9.59 Å². The Labute approximate surface area is 178 Å². The summed E-state index contributed by atoms with van der Waals surface area (Å²) in [6, 6.07) is 6.43. The van der Waals surface area contributed by atoms with Crippen LogP contribution in [0, 0.1) is 28.6 Å². The molecule has 3 N–H and O–H groups in total. The van der Waals surface area contributed by atoms with Gasteiger partial charge in [-0.2, -0.15) is 0 Å². The summed E-state index contributed by atoms with van der Waals surface area (Å²) in [7, 11) is 0. The molecule has 30 heavy (non-hydrogen) atoms. The standard InChI is InChI=1S/C25H32N2O3/c1-24-12-3-4-19(24)17-9-10-21-25(2,20(17)11-13-24)14-18(23(30)27-21)22(29)26-15-5-7-16(28)8-6-15/h5-8,14,17,19-21,28H,3-4,9-13H2,1-2H3,(H,26,29)(H,27,30)/t17-,19-,20+,21?,24-,25+/m0/s1. The Morgan fingerprint density at radius 1 is 1.07 bits per heavy atom. The summed E-state index contributed by atoms with van der Waals surface area (Å²) in [6.07, 6.45) is 10.7. The van der Waals surface area contributed by atoms with Crippen LogP contribution in [0.5, 0.6) is 5.75 Å². The maximum Gasteiger partial charge on any atom is 0.260 e. The van der Waals surface area contributed by atoms with Crippen molar-refractivity contribution in [1.29, 1.82) is 0 Å². The first-order valence-electron chi connectivity index (χ1n) is 11.4. The lowest BCUT2D eigenvalue weighted by molar-refractivity contribution is -0.126. The van der Waals surface area contributed by atoms with Gasteiger partial charge in [-0.1, -0.05) is 26.3 Å². The molecule has 5 rings (SSSR count). The van der Waals surface area contributed by atoms with Crippen molar-refractivity contribution in [1.82, 2.24) is 5.32 Å². The number of nitrogens with one attached hydrogen (secondary N) is 2. The molecule has 0 aromatic heterocycles. The van der Waals surface area contributed by atoms with Crippen molar-refractivity contribution >= 4 is 17.5 Å². The molecule has 2 amide bonds. The van der Waals surface area contributed by atoms with Gasteiger partial charge in [0.1, 0.15) is 11.3 Å². The number of benzene rings is 1. The fraction of sp³-hybridized carbons (Fsp3) is 0.600. The molecule has 0 saturated heterocycles. The second kappa shape index (κ2) is 6.86. The molecule has 1 aromatic rings. The van der Waals surface area contributed by atoms with E-state index in [4.69, 9.17) is 0 Å². The third-order valence-corrected chi connectivity index (χ3v) is 8.93. The number of phenols is 1. The second-order valence-corrected chi connectivity index (χ2v) is 10.5. The first kappa shape index (κ1) is 19.7. The van der Waals surface area contributed by atoms with E-state index < -0.39 is 0 Å². The summed E-state index contributed by atoms with van der Waals surface area (Å²) in [5.41, 5.74) is 1.11. The predicted molar refractivity (Wildman–Crippen MR) is 116 cm³/mol. The summed E-state index contributed by atoms with van der Waals surface area (Å²) in [4.78, 5) is 25.8. The Kier molecular flexibility index (Phi) is 4.49. The molecule has 3 fully saturated rings. The van der Waals surface area contributed by atoms with Gasteiger partial charge in [0.15, 0.2) is 0 Å². The zero-order chi connectivity index (χ0) is 21.1. The quantitative estimate of drug-likeness (QED) is 0.502. The highest BCUT2D eigenvalue weighted by molar-refractivity contribution is 6.23. The molecule has 6 atom stereocenters. The monoisotopic (exact) mass is 408 g/mol. The van der Waals surface area contributed by atoms with E-state index in [1.54, 1.807) is 12.1 Å². The molecule has 0 spiro atoms. The Balaban J connectivity index is 1.44. The lowest BCUT2D eigenvalue weighted by Crippen LogP contribution is -2.60. The molecule has 4 aliphatic rings. The molecule has 0 bridgehead atoms. The van der Waals surface area contributed by atoms with Gasteiger partial charge in [-0.05, 0) is 86.0 Å². The number of anilines is 1. The Morgan fingerprint density at radius 2 is 1.83 bits per heavy atom. The third kappa shape index (κ3) is 2.97. The van der Waals surface area contributed by atoms with Crippen molar-refractivity contribution in [2.45, 2.75) is 64.8 Å². The van der Waals surface area contributed by atoms with Crippen LogP contribution in [0.2, 0.25) is 0 Å². The van der Waals surface area contributed by atoms with Crippen molar-refractivity contribution in [2.24, 2.45) is 28.6 Å². The molecular formula is C25H32N2O3. The normalized spacial score (nSPS) is 39.8. The van der Waals surface area contributed by atoms with Crippen LogP contribution in [0.15, 0.2) is 35.9 Å². The number of fused-ring (bicyclic) bond motifs is 5. The van der Waals surface area contributed by atoms with Crippen molar-refractivity contribution in [3.05, 3.63) is 35.9 Å². The molecule has 1 unspecified atom stereocenters. The number of amides is 2. The Morgan fingerprint density at radius 3 is 2.60 bits per heavy atom. The van der Waals surface area contributed by atoms with Crippen LogP contribution in [-0.4, -0.2) is 23.0 Å². The third-order valence-electron chi connectivity index (χ3n) is 8.93. The zero-order valence-corrected chi connectivity index (χ0v) is 17.9. The summed E-state index contributed by atoms with van der Waals surface area (Å²) >= 11 is 0. The van der Waals surface area contributed by atoms with Crippen LogP contribution in [-0.2, 0) is 9.59 Å². The van der Waals surface area contributed by atoms with Crippen LogP contribution in [0.25, 0.3) is 0 Å². The van der Waals surface area contributed by atoms with E-state index in [1.807, 2.05) is 6.08 Å². The number of phenolic OH excluding ortho intramolecular Hbond substituents is 1. The largest absolute Gasteiger partial charge is 0.508 e. The molecule has 160 valence electrons. The molecular weight excluding hydrogens is 376 g/mol. The molecule has 1 aliphatic heterocycles. The molecule has 5 heteroatoms. The summed E-state index contributed by atoms with van der Waals surface area (Å²) in [6.45, 7) is 4.75. The van der Waals surface area contributed by atoms with Crippen molar-refractivity contribution in [3.8, 4) is 5.75 Å². The minimum Gasteiger partial charge on any atom is -0.508 e. The number of rotatable bonds is 2. The molecule has 3 saturated carbocycles. The minimum absolute atomic E-state index is 0.113. The average molecular weight is 409 g/mol. The first-order valence-corrected chi connectivity index (χ1v) is 11.4. The van der Waals surface area contributed by atoms with Gasteiger partial charge in [0.2, 0.25) is 0 Å². The fourth-order valence-electron chi connectivity index (χ4n) is 7.34.